The number of aromatic nitrogens is 2. The predicted molar refractivity (Wildman–Crippen MR) is 170 cm³/mol. The van der Waals surface area contributed by atoms with Crippen LogP contribution in [0.15, 0.2) is 94.7 Å². The van der Waals surface area contributed by atoms with Crippen LogP contribution in [-0.4, -0.2) is 40.6 Å². The Morgan fingerprint density at radius 3 is 2.47 bits per heavy atom. The molecule has 0 fully saturated rings. The molecule has 0 aliphatic carbocycles. The van der Waals surface area contributed by atoms with Crippen molar-refractivity contribution in [3.8, 4) is 22.9 Å². The molecule has 1 unspecified atom stereocenters. The zero-order valence-corrected chi connectivity index (χ0v) is 24.6. The average Bonchev–Trinajstić information content (AvgIpc) is 3.28. The largest absolute Gasteiger partial charge is 0.457 e. The summed E-state index contributed by atoms with van der Waals surface area (Å²) >= 11 is 0. The van der Waals surface area contributed by atoms with Gasteiger partial charge in [0.1, 0.15) is 23.0 Å². The second-order valence-electron chi connectivity index (χ2n) is 9.97. The van der Waals surface area contributed by atoms with Gasteiger partial charge >= 0.3 is 5.69 Å². The predicted octanol–water partition coefficient (Wildman–Crippen LogP) is 6.41. The van der Waals surface area contributed by atoms with E-state index in [-0.39, 0.29) is 17.5 Å². The fourth-order valence-corrected chi connectivity index (χ4v) is 4.24. The van der Waals surface area contributed by atoms with Crippen molar-refractivity contribution in [1.29, 1.82) is 5.41 Å². The molecule has 4 aromatic rings. The summed E-state index contributed by atoms with van der Waals surface area (Å²) in [4.78, 5) is 31.2. The van der Waals surface area contributed by atoms with Crippen LogP contribution in [0.1, 0.15) is 32.9 Å². The van der Waals surface area contributed by atoms with E-state index in [1.54, 1.807) is 86.9 Å². The summed E-state index contributed by atoms with van der Waals surface area (Å²) in [6.45, 7) is 6.22. The molecule has 0 saturated heterocycles. The summed E-state index contributed by atoms with van der Waals surface area (Å²) in [7, 11) is 1.79. The molecule has 0 spiro atoms. The van der Waals surface area contributed by atoms with E-state index >= 15 is 0 Å². The van der Waals surface area contributed by atoms with Crippen LogP contribution in [0, 0.1) is 17.1 Å². The Labute approximate surface area is 249 Å². The molecule has 1 aromatic heterocycles. The van der Waals surface area contributed by atoms with Gasteiger partial charge in [-0.25, -0.2) is 18.7 Å². The fraction of sp³-hybridized carbons (Fsp3) is 0.212. The number of amides is 1. The van der Waals surface area contributed by atoms with Crippen LogP contribution >= 0.6 is 0 Å². The summed E-state index contributed by atoms with van der Waals surface area (Å²) < 4.78 is 22.2. The van der Waals surface area contributed by atoms with Crippen molar-refractivity contribution in [2.45, 2.75) is 27.2 Å². The van der Waals surface area contributed by atoms with E-state index in [0.717, 1.165) is 6.42 Å². The summed E-state index contributed by atoms with van der Waals surface area (Å²) in [5, 5.41) is 14.4. The normalized spacial score (nSPS) is 12.1. The topological polar surface area (TPSA) is 114 Å². The number of ether oxygens (including phenoxy) is 1. The Balaban J connectivity index is 1.81. The van der Waals surface area contributed by atoms with E-state index in [2.05, 4.69) is 10.6 Å². The SMILES string of the molecule is CCC(C)C=Nc1c(C(C)=N)n(-c2ccc(Oc3cccc(F)c3)cc2)c(=O)n1-c1cccc(NC(=O)C=CCNC)c1. The Hall–Kier alpha value is -5.09. The molecule has 0 bridgehead atoms. The van der Waals surface area contributed by atoms with Gasteiger partial charge < -0.3 is 20.8 Å². The van der Waals surface area contributed by atoms with E-state index in [9.17, 15) is 14.0 Å². The molecule has 3 aromatic carbocycles. The zero-order valence-electron chi connectivity index (χ0n) is 24.6. The summed E-state index contributed by atoms with van der Waals surface area (Å²) in [6, 6.07) is 19.5. The van der Waals surface area contributed by atoms with Gasteiger partial charge in [0.15, 0.2) is 5.82 Å². The van der Waals surface area contributed by atoms with Crippen molar-refractivity contribution >= 4 is 29.3 Å². The number of carbonyl (C=O) groups is 1. The molecule has 3 N–H and O–H groups in total. The molecule has 1 atom stereocenters. The smallest absolute Gasteiger partial charge is 0.339 e. The number of imidazole rings is 1. The summed E-state index contributed by atoms with van der Waals surface area (Å²) in [6.07, 6.45) is 5.77. The van der Waals surface area contributed by atoms with Gasteiger partial charge in [0.05, 0.1) is 17.1 Å². The highest BCUT2D eigenvalue weighted by Crippen LogP contribution is 2.29. The first-order valence-corrected chi connectivity index (χ1v) is 14.0. The maximum Gasteiger partial charge on any atom is 0.339 e. The van der Waals surface area contributed by atoms with Crippen LogP contribution in [0.3, 0.4) is 0 Å². The van der Waals surface area contributed by atoms with Gasteiger partial charge in [-0.1, -0.05) is 32.1 Å². The fourth-order valence-electron chi connectivity index (χ4n) is 4.24. The number of likely N-dealkylation sites (N-methyl/N-ethyl adjacent to an activating group) is 1. The van der Waals surface area contributed by atoms with Crippen molar-refractivity contribution in [2.24, 2.45) is 10.9 Å². The van der Waals surface area contributed by atoms with Crippen molar-refractivity contribution in [1.82, 2.24) is 14.5 Å². The number of benzene rings is 3. The molecule has 1 heterocycles. The van der Waals surface area contributed by atoms with Crippen LogP contribution in [-0.2, 0) is 4.79 Å². The number of hydrogen-bond acceptors (Lipinski definition) is 6. The van der Waals surface area contributed by atoms with Crippen LogP contribution in [0.2, 0.25) is 0 Å². The monoisotopic (exact) mass is 582 g/mol. The van der Waals surface area contributed by atoms with Crippen LogP contribution in [0.25, 0.3) is 11.4 Å². The molecule has 0 aliphatic heterocycles. The van der Waals surface area contributed by atoms with Gasteiger partial charge in [0.2, 0.25) is 5.91 Å². The maximum atomic E-state index is 14.1. The molecule has 0 saturated carbocycles. The Morgan fingerprint density at radius 2 is 1.79 bits per heavy atom. The number of nitrogens with one attached hydrogen (secondary N) is 3. The molecule has 1 amide bonds. The molecular formula is C33H35FN6O3. The average molecular weight is 583 g/mol. The third-order valence-electron chi connectivity index (χ3n) is 6.57. The lowest BCUT2D eigenvalue weighted by Crippen LogP contribution is -2.23. The van der Waals surface area contributed by atoms with Crippen molar-refractivity contribution in [3.05, 3.63) is 107 Å². The standard InChI is InChI=1S/C33H35FN6O3/c1-5-22(2)21-37-32-31(23(3)35)39(26-14-16-28(17-15-26)43-29-12-6-9-24(34)19-29)33(42)40(32)27-11-7-10-25(20-27)38-30(41)13-8-18-36-4/h6-17,19-22,35-36H,5,18H2,1-4H3,(H,38,41). The first-order chi connectivity index (χ1) is 20.7. The van der Waals surface area contributed by atoms with Crippen molar-refractivity contribution in [3.63, 3.8) is 0 Å². The van der Waals surface area contributed by atoms with Crippen molar-refractivity contribution in [2.75, 3.05) is 18.9 Å². The highest BCUT2D eigenvalue weighted by molar-refractivity contribution is 6.00. The van der Waals surface area contributed by atoms with Gasteiger partial charge in [-0.2, -0.15) is 0 Å². The molecule has 9 nitrogen and oxygen atoms in total. The molecule has 10 heteroatoms. The highest BCUT2D eigenvalue weighted by Gasteiger charge is 2.24. The third kappa shape index (κ3) is 7.60. The minimum absolute atomic E-state index is 0.139. The lowest BCUT2D eigenvalue weighted by Gasteiger charge is -2.09. The lowest BCUT2D eigenvalue weighted by molar-refractivity contribution is -0.111. The number of rotatable bonds is 12. The number of anilines is 1. The lowest BCUT2D eigenvalue weighted by atomic mass is 10.1. The maximum absolute atomic E-state index is 14.1. The number of hydrogen-bond donors (Lipinski definition) is 3. The first kappa shape index (κ1) is 30.9. The van der Waals surface area contributed by atoms with Gasteiger partial charge in [0, 0.05) is 30.6 Å². The number of carbonyl (C=O) groups excluding carboxylic acids is 1. The zero-order chi connectivity index (χ0) is 30.9. The molecule has 0 radical (unpaired) electrons. The highest BCUT2D eigenvalue weighted by atomic mass is 19.1. The van der Waals surface area contributed by atoms with Gasteiger partial charge in [-0.15, -0.1) is 0 Å². The Kier molecular flexibility index (Phi) is 10.2. The van der Waals surface area contributed by atoms with Gasteiger partial charge in [-0.05, 0) is 80.9 Å². The molecule has 0 aliphatic rings. The van der Waals surface area contributed by atoms with E-state index in [1.165, 1.54) is 27.3 Å². The molecule has 4 rings (SSSR count). The van der Waals surface area contributed by atoms with E-state index in [0.29, 0.717) is 46.6 Å². The Morgan fingerprint density at radius 1 is 1.05 bits per heavy atom. The third-order valence-corrected chi connectivity index (χ3v) is 6.57. The minimum atomic E-state index is -0.436. The van der Waals surface area contributed by atoms with Crippen LogP contribution < -0.4 is 21.1 Å². The molecule has 43 heavy (non-hydrogen) atoms. The number of nitrogens with zero attached hydrogens (tertiary/aromatic N) is 3. The quantitative estimate of drug-likeness (QED) is 0.132. The molecule has 222 valence electrons. The van der Waals surface area contributed by atoms with E-state index in [1.807, 2.05) is 13.8 Å². The first-order valence-electron chi connectivity index (χ1n) is 14.0. The molecular weight excluding hydrogens is 547 g/mol. The summed E-state index contributed by atoms with van der Waals surface area (Å²) in [5.41, 5.74) is 1.51. The van der Waals surface area contributed by atoms with E-state index in [4.69, 9.17) is 15.1 Å². The van der Waals surface area contributed by atoms with Crippen molar-refractivity contribution < 1.29 is 13.9 Å². The number of aliphatic imine (C=N–C) groups is 1. The van der Waals surface area contributed by atoms with Gasteiger partial charge in [0.25, 0.3) is 0 Å². The minimum Gasteiger partial charge on any atom is -0.457 e. The second kappa shape index (κ2) is 14.2. The van der Waals surface area contributed by atoms with E-state index < -0.39 is 11.5 Å². The van der Waals surface area contributed by atoms with Crippen LogP contribution in [0.4, 0.5) is 15.9 Å². The second-order valence-corrected chi connectivity index (χ2v) is 9.97. The summed E-state index contributed by atoms with van der Waals surface area (Å²) in [5.74, 6) is 0.530. The van der Waals surface area contributed by atoms with Gasteiger partial charge in [-0.3, -0.25) is 9.36 Å². The Bertz CT molecular complexity index is 1720. The van der Waals surface area contributed by atoms with Crippen LogP contribution in [0.5, 0.6) is 11.5 Å². The number of halogens is 1.